The van der Waals surface area contributed by atoms with Crippen molar-refractivity contribution in [3.05, 3.63) is 76.5 Å². The van der Waals surface area contributed by atoms with Gasteiger partial charge in [-0.3, -0.25) is 14.9 Å². The molecular weight excluding hydrogens is 368 g/mol. The average Bonchev–Trinajstić information content (AvgIpc) is 3.24. The first-order valence-electron chi connectivity index (χ1n) is 11.3. The lowest BCUT2D eigenvalue weighted by Gasteiger charge is -2.40. The number of aromatic nitrogens is 2. The van der Waals surface area contributed by atoms with Crippen LogP contribution in [0.5, 0.6) is 0 Å². The lowest BCUT2D eigenvalue weighted by Crippen LogP contribution is -2.46. The molecule has 2 aliphatic rings. The highest BCUT2D eigenvalue weighted by molar-refractivity contribution is 5.64. The van der Waals surface area contributed by atoms with Crippen LogP contribution in [-0.2, 0) is 19.5 Å². The number of H-pyrrole nitrogens is 1. The summed E-state index contributed by atoms with van der Waals surface area (Å²) in [5, 5.41) is 7.61. The zero-order chi connectivity index (χ0) is 20.5. The molecule has 4 heteroatoms. The average molecular weight is 401 g/mol. The minimum Gasteiger partial charge on any atom is -0.299 e. The molecule has 30 heavy (non-hydrogen) atoms. The van der Waals surface area contributed by atoms with Crippen molar-refractivity contribution in [2.24, 2.45) is 0 Å². The molecule has 0 atom stereocenters. The summed E-state index contributed by atoms with van der Waals surface area (Å²) in [7, 11) is 0. The van der Waals surface area contributed by atoms with E-state index in [1.165, 1.54) is 72.4 Å². The lowest BCUT2D eigenvalue weighted by molar-refractivity contribution is 0.0950. The minimum atomic E-state index is 0.721. The van der Waals surface area contributed by atoms with Gasteiger partial charge in [0, 0.05) is 36.8 Å². The van der Waals surface area contributed by atoms with Crippen LogP contribution in [0.3, 0.4) is 0 Å². The Morgan fingerprint density at radius 1 is 0.967 bits per heavy atom. The van der Waals surface area contributed by atoms with Crippen molar-refractivity contribution in [1.29, 1.82) is 0 Å². The molecule has 0 spiro atoms. The molecule has 1 fully saturated rings. The van der Waals surface area contributed by atoms with E-state index < -0.39 is 0 Å². The summed E-state index contributed by atoms with van der Waals surface area (Å²) in [5.74, 6) is 0. The van der Waals surface area contributed by atoms with Gasteiger partial charge in [0.15, 0.2) is 0 Å². The molecule has 1 saturated heterocycles. The molecule has 1 N–H and O–H groups in total. The van der Waals surface area contributed by atoms with Gasteiger partial charge in [-0.25, -0.2) is 0 Å². The van der Waals surface area contributed by atoms with Crippen LogP contribution in [0.4, 0.5) is 0 Å². The Morgan fingerprint density at radius 2 is 1.77 bits per heavy atom. The molecule has 0 bridgehead atoms. The Morgan fingerprint density at radius 3 is 2.57 bits per heavy atom. The molecule has 1 aromatic heterocycles. The summed E-state index contributed by atoms with van der Waals surface area (Å²) in [4.78, 5) is 5.32. The van der Waals surface area contributed by atoms with Gasteiger partial charge in [-0.1, -0.05) is 36.4 Å². The second kappa shape index (κ2) is 8.37. The van der Waals surface area contributed by atoms with Crippen molar-refractivity contribution in [2.45, 2.75) is 52.2 Å². The van der Waals surface area contributed by atoms with Gasteiger partial charge in [0.2, 0.25) is 0 Å². The number of piperidine rings is 1. The second-order valence-corrected chi connectivity index (χ2v) is 9.07. The first kappa shape index (κ1) is 19.5. The molecule has 4 nitrogen and oxygen atoms in total. The molecule has 0 saturated carbocycles. The molecule has 5 rings (SSSR count). The summed E-state index contributed by atoms with van der Waals surface area (Å²) in [6.07, 6.45) is 5.74. The predicted octanol–water partition coefficient (Wildman–Crippen LogP) is 4.72. The number of fused-ring (bicyclic) bond motifs is 1. The van der Waals surface area contributed by atoms with Crippen LogP contribution >= 0.6 is 0 Å². The van der Waals surface area contributed by atoms with Crippen LogP contribution in [0, 0.1) is 13.8 Å². The van der Waals surface area contributed by atoms with E-state index in [0.717, 1.165) is 19.1 Å². The smallest absolute Gasteiger partial charge is 0.0695 e. The Labute approximate surface area is 179 Å². The molecule has 0 radical (unpaired) electrons. The van der Waals surface area contributed by atoms with Gasteiger partial charge in [-0.2, -0.15) is 5.10 Å². The molecule has 2 aromatic carbocycles. The van der Waals surface area contributed by atoms with E-state index in [1.54, 1.807) is 5.56 Å². The maximum absolute atomic E-state index is 4.37. The number of nitrogens with zero attached hydrogens (tertiary/aromatic N) is 3. The van der Waals surface area contributed by atoms with Gasteiger partial charge >= 0.3 is 0 Å². The minimum absolute atomic E-state index is 0.721. The highest BCUT2D eigenvalue weighted by atomic mass is 15.2. The van der Waals surface area contributed by atoms with Crippen molar-refractivity contribution in [3.8, 4) is 11.3 Å². The standard InChI is InChI=1S/C26H32N4/c1-19-7-8-22(15-20(19)2)26-24(16-27-28-26)17-29-12-10-25(11-13-29)30-14-9-21-5-3-4-6-23(21)18-30/h3-8,15-16,25H,9-14,17-18H2,1-2H3,(H,27,28). The Hall–Kier alpha value is -2.43. The van der Waals surface area contributed by atoms with Crippen molar-refractivity contribution in [2.75, 3.05) is 19.6 Å². The quantitative estimate of drug-likeness (QED) is 0.688. The largest absolute Gasteiger partial charge is 0.299 e. The van der Waals surface area contributed by atoms with Crippen LogP contribution in [0.15, 0.2) is 48.7 Å². The van der Waals surface area contributed by atoms with Crippen LogP contribution in [0.1, 0.15) is 40.7 Å². The summed E-state index contributed by atoms with van der Waals surface area (Å²) >= 11 is 0. The lowest BCUT2D eigenvalue weighted by atomic mass is 9.95. The molecule has 2 aliphatic heterocycles. The number of hydrogen-bond acceptors (Lipinski definition) is 3. The van der Waals surface area contributed by atoms with Crippen molar-refractivity contribution in [3.63, 3.8) is 0 Å². The third kappa shape index (κ3) is 3.94. The van der Waals surface area contributed by atoms with Crippen molar-refractivity contribution in [1.82, 2.24) is 20.0 Å². The summed E-state index contributed by atoms with van der Waals surface area (Å²) in [5.41, 5.74) is 9.47. The van der Waals surface area contributed by atoms with Crippen LogP contribution in [0.2, 0.25) is 0 Å². The number of rotatable bonds is 4. The number of likely N-dealkylation sites (tertiary alicyclic amines) is 1. The van der Waals surface area contributed by atoms with E-state index in [9.17, 15) is 0 Å². The summed E-state index contributed by atoms with van der Waals surface area (Å²) in [6.45, 7) is 9.99. The van der Waals surface area contributed by atoms with E-state index in [4.69, 9.17) is 0 Å². The molecule has 0 aliphatic carbocycles. The number of aromatic amines is 1. The first-order valence-corrected chi connectivity index (χ1v) is 11.3. The fraction of sp³-hybridized carbons (Fsp3) is 0.423. The number of aryl methyl sites for hydroxylation is 2. The van der Waals surface area contributed by atoms with Gasteiger partial charge < -0.3 is 0 Å². The van der Waals surface area contributed by atoms with Gasteiger partial charge in [-0.05, 0) is 74.5 Å². The monoisotopic (exact) mass is 400 g/mol. The number of benzene rings is 2. The fourth-order valence-electron chi connectivity index (χ4n) is 5.09. The topological polar surface area (TPSA) is 35.2 Å². The van der Waals surface area contributed by atoms with Gasteiger partial charge in [-0.15, -0.1) is 0 Å². The van der Waals surface area contributed by atoms with E-state index in [-0.39, 0.29) is 0 Å². The van der Waals surface area contributed by atoms with Crippen molar-refractivity contribution < 1.29 is 0 Å². The normalized spacial score (nSPS) is 18.5. The molecule has 0 amide bonds. The van der Waals surface area contributed by atoms with Gasteiger partial charge in [0.25, 0.3) is 0 Å². The van der Waals surface area contributed by atoms with E-state index in [0.29, 0.717) is 0 Å². The van der Waals surface area contributed by atoms with Crippen LogP contribution in [-0.4, -0.2) is 45.7 Å². The van der Waals surface area contributed by atoms with Crippen molar-refractivity contribution >= 4 is 0 Å². The zero-order valence-corrected chi connectivity index (χ0v) is 18.2. The highest BCUT2D eigenvalue weighted by Crippen LogP contribution is 2.28. The maximum Gasteiger partial charge on any atom is 0.0695 e. The Balaban J connectivity index is 1.21. The highest BCUT2D eigenvalue weighted by Gasteiger charge is 2.27. The van der Waals surface area contributed by atoms with Gasteiger partial charge in [0.1, 0.15) is 0 Å². The molecule has 0 unspecified atom stereocenters. The number of nitrogens with one attached hydrogen (secondary N) is 1. The van der Waals surface area contributed by atoms with Gasteiger partial charge in [0.05, 0.1) is 11.9 Å². The van der Waals surface area contributed by atoms with Crippen LogP contribution in [0.25, 0.3) is 11.3 Å². The van der Waals surface area contributed by atoms with E-state index in [2.05, 4.69) is 76.3 Å². The molecular formula is C26H32N4. The SMILES string of the molecule is Cc1ccc(-c2[nH]ncc2CN2CCC(N3CCc4ccccc4C3)CC2)cc1C. The Kier molecular flexibility index (Phi) is 5.45. The zero-order valence-electron chi connectivity index (χ0n) is 18.2. The summed E-state index contributed by atoms with van der Waals surface area (Å²) in [6, 6.07) is 16.4. The Bertz CT molecular complexity index is 1010. The second-order valence-electron chi connectivity index (χ2n) is 9.07. The summed E-state index contributed by atoms with van der Waals surface area (Å²) < 4.78 is 0. The third-order valence-electron chi connectivity index (χ3n) is 7.14. The first-order chi connectivity index (χ1) is 14.7. The molecule has 3 aromatic rings. The molecule has 3 heterocycles. The van der Waals surface area contributed by atoms with E-state index >= 15 is 0 Å². The van der Waals surface area contributed by atoms with Crippen LogP contribution < -0.4 is 0 Å². The van der Waals surface area contributed by atoms with E-state index in [1.807, 2.05) is 6.20 Å². The third-order valence-corrected chi connectivity index (χ3v) is 7.14. The molecule has 156 valence electrons. The maximum atomic E-state index is 4.37. The predicted molar refractivity (Wildman–Crippen MR) is 122 cm³/mol. The number of hydrogen-bond donors (Lipinski definition) is 1. The fourth-order valence-corrected chi connectivity index (χ4v) is 5.09.